The summed E-state index contributed by atoms with van der Waals surface area (Å²) in [6, 6.07) is 12.8. The minimum Gasteiger partial charge on any atom is -0.461 e. The van der Waals surface area contributed by atoms with Crippen molar-refractivity contribution < 1.29 is 17.9 Å². The fourth-order valence-electron chi connectivity index (χ4n) is 3.33. The zero-order valence-electron chi connectivity index (χ0n) is 14.5. The van der Waals surface area contributed by atoms with Gasteiger partial charge in [-0.2, -0.15) is 0 Å². The summed E-state index contributed by atoms with van der Waals surface area (Å²) < 4.78 is 29.0. The molecule has 1 aliphatic rings. The predicted molar refractivity (Wildman–Crippen MR) is 96.7 cm³/mol. The second kappa shape index (κ2) is 7.00. The molecule has 0 radical (unpaired) electrons. The molecule has 3 rings (SSSR count). The number of aryl methyl sites for hydroxylation is 2. The van der Waals surface area contributed by atoms with Crippen molar-refractivity contribution in [1.29, 1.82) is 0 Å². The lowest BCUT2D eigenvalue weighted by atomic mass is 9.83. The van der Waals surface area contributed by atoms with Crippen molar-refractivity contribution >= 4 is 15.8 Å². The van der Waals surface area contributed by atoms with E-state index in [4.69, 9.17) is 4.74 Å². The van der Waals surface area contributed by atoms with Gasteiger partial charge in [-0.3, -0.25) is 0 Å². The van der Waals surface area contributed by atoms with Crippen LogP contribution in [-0.2, 0) is 21.0 Å². The van der Waals surface area contributed by atoms with Crippen LogP contribution in [0.5, 0.6) is 0 Å². The van der Waals surface area contributed by atoms with E-state index < -0.39 is 15.8 Å². The standard InChI is InChI=1S/C20H22O4S/c1-14-10-11-17(25(2,22)23)12-19(14)20(21)24-13-16-8-5-7-15-6-3-4-9-18(15)16/h3-4,6,9-12,16H,5,7-8,13H2,1-2H3. The molecule has 0 bridgehead atoms. The molecule has 1 atom stereocenters. The first kappa shape index (κ1) is 17.7. The molecule has 4 nitrogen and oxygen atoms in total. The van der Waals surface area contributed by atoms with Gasteiger partial charge in [-0.1, -0.05) is 30.3 Å². The third-order valence-corrected chi connectivity index (χ3v) is 5.88. The second-order valence-corrected chi connectivity index (χ2v) is 8.65. The molecule has 0 N–H and O–H groups in total. The lowest BCUT2D eigenvalue weighted by Crippen LogP contribution is -2.18. The van der Waals surface area contributed by atoms with E-state index in [0.29, 0.717) is 17.7 Å². The minimum atomic E-state index is -3.36. The van der Waals surface area contributed by atoms with Crippen LogP contribution in [0.3, 0.4) is 0 Å². The molecule has 1 aliphatic carbocycles. The Labute approximate surface area is 148 Å². The third kappa shape index (κ3) is 3.93. The number of fused-ring (bicyclic) bond motifs is 1. The van der Waals surface area contributed by atoms with Crippen LogP contribution in [0.25, 0.3) is 0 Å². The molecule has 0 spiro atoms. The number of carbonyl (C=O) groups excluding carboxylic acids is 1. The summed E-state index contributed by atoms with van der Waals surface area (Å²) in [5.74, 6) is -0.265. The van der Waals surface area contributed by atoms with Gasteiger partial charge < -0.3 is 4.74 Å². The molecule has 5 heteroatoms. The minimum absolute atomic E-state index is 0.132. The molecule has 0 aliphatic heterocycles. The van der Waals surface area contributed by atoms with Gasteiger partial charge in [0.1, 0.15) is 0 Å². The van der Waals surface area contributed by atoms with Gasteiger partial charge in [0.15, 0.2) is 9.84 Å². The molecule has 0 amide bonds. The molecule has 0 saturated heterocycles. The molecule has 2 aromatic rings. The lowest BCUT2D eigenvalue weighted by Gasteiger charge is -2.25. The van der Waals surface area contributed by atoms with Crippen molar-refractivity contribution in [2.75, 3.05) is 12.9 Å². The maximum atomic E-state index is 12.5. The number of benzene rings is 2. The fourth-order valence-corrected chi connectivity index (χ4v) is 3.98. The summed E-state index contributed by atoms with van der Waals surface area (Å²) in [5, 5.41) is 0. The monoisotopic (exact) mass is 358 g/mol. The zero-order chi connectivity index (χ0) is 18.0. The average Bonchev–Trinajstić information content (AvgIpc) is 2.59. The largest absolute Gasteiger partial charge is 0.461 e. The average molecular weight is 358 g/mol. The molecule has 1 unspecified atom stereocenters. The SMILES string of the molecule is Cc1ccc(S(C)(=O)=O)cc1C(=O)OCC1CCCc2ccccc21. The van der Waals surface area contributed by atoms with E-state index >= 15 is 0 Å². The molecule has 132 valence electrons. The molecular formula is C20H22O4S. The van der Waals surface area contributed by atoms with Gasteiger partial charge in [0.25, 0.3) is 0 Å². The van der Waals surface area contributed by atoms with Gasteiger partial charge >= 0.3 is 5.97 Å². The summed E-state index contributed by atoms with van der Waals surface area (Å²) >= 11 is 0. The Balaban J connectivity index is 1.76. The van der Waals surface area contributed by atoms with Crippen LogP contribution >= 0.6 is 0 Å². The molecule has 2 aromatic carbocycles. The van der Waals surface area contributed by atoms with Gasteiger partial charge in [-0.15, -0.1) is 0 Å². The Hall–Kier alpha value is -2.14. The van der Waals surface area contributed by atoms with Crippen molar-refractivity contribution in [1.82, 2.24) is 0 Å². The van der Waals surface area contributed by atoms with Crippen LogP contribution in [0.4, 0.5) is 0 Å². The van der Waals surface area contributed by atoms with Crippen molar-refractivity contribution in [2.24, 2.45) is 0 Å². The van der Waals surface area contributed by atoms with E-state index in [-0.39, 0.29) is 10.8 Å². The Kier molecular flexibility index (Phi) is 4.95. The number of carbonyl (C=O) groups is 1. The van der Waals surface area contributed by atoms with Crippen molar-refractivity contribution in [3.8, 4) is 0 Å². The number of rotatable bonds is 4. The molecular weight excluding hydrogens is 336 g/mol. The Morgan fingerprint density at radius 1 is 1.20 bits per heavy atom. The maximum absolute atomic E-state index is 12.5. The van der Waals surface area contributed by atoms with Gasteiger partial charge in [0, 0.05) is 12.2 Å². The molecule has 0 fully saturated rings. The Morgan fingerprint density at radius 2 is 1.96 bits per heavy atom. The summed E-state index contributed by atoms with van der Waals surface area (Å²) in [4.78, 5) is 12.6. The highest BCUT2D eigenvalue weighted by molar-refractivity contribution is 7.90. The smallest absolute Gasteiger partial charge is 0.338 e. The van der Waals surface area contributed by atoms with E-state index in [1.165, 1.54) is 23.3 Å². The zero-order valence-corrected chi connectivity index (χ0v) is 15.3. The third-order valence-electron chi connectivity index (χ3n) is 4.77. The number of hydrogen-bond donors (Lipinski definition) is 0. The quantitative estimate of drug-likeness (QED) is 0.782. The van der Waals surface area contributed by atoms with E-state index in [9.17, 15) is 13.2 Å². The summed E-state index contributed by atoms with van der Waals surface area (Å²) in [6.07, 6.45) is 4.27. The predicted octanol–water partition coefficient (Wildman–Crippen LogP) is 3.68. The highest BCUT2D eigenvalue weighted by Gasteiger charge is 2.22. The first-order valence-corrected chi connectivity index (χ1v) is 10.3. The van der Waals surface area contributed by atoms with E-state index in [0.717, 1.165) is 25.5 Å². The van der Waals surface area contributed by atoms with E-state index in [1.54, 1.807) is 13.0 Å². The topological polar surface area (TPSA) is 60.4 Å². The van der Waals surface area contributed by atoms with Gasteiger partial charge in [0.05, 0.1) is 17.1 Å². The Morgan fingerprint density at radius 3 is 2.72 bits per heavy atom. The van der Waals surface area contributed by atoms with Gasteiger partial charge in [0.2, 0.25) is 0 Å². The number of esters is 1. The van der Waals surface area contributed by atoms with Crippen LogP contribution in [0.1, 0.15) is 45.8 Å². The normalized spacial score (nSPS) is 17.0. The van der Waals surface area contributed by atoms with Crippen LogP contribution < -0.4 is 0 Å². The number of hydrogen-bond acceptors (Lipinski definition) is 4. The number of sulfone groups is 1. The first-order chi connectivity index (χ1) is 11.9. The summed E-state index contributed by atoms with van der Waals surface area (Å²) in [5.41, 5.74) is 3.60. The fraction of sp³-hybridized carbons (Fsp3) is 0.350. The van der Waals surface area contributed by atoms with Crippen molar-refractivity contribution in [3.05, 3.63) is 64.7 Å². The highest BCUT2D eigenvalue weighted by Crippen LogP contribution is 2.31. The lowest BCUT2D eigenvalue weighted by molar-refractivity contribution is 0.0470. The Bertz CT molecular complexity index is 900. The first-order valence-electron chi connectivity index (χ1n) is 8.42. The molecule has 0 saturated carbocycles. The van der Waals surface area contributed by atoms with Crippen molar-refractivity contribution in [3.63, 3.8) is 0 Å². The van der Waals surface area contributed by atoms with Crippen LogP contribution in [0.15, 0.2) is 47.4 Å². The van der Waals surface area contributed by atoms with Gasteiger partial charge in [-0.25, -0.2) is 13.2 Å². The molecule has 0 heterocycles. The summed E-state index contributed by atoms with van der Waals surface area (Å²) in [6.45, 7) is 2.09. The molecule has 25 heavy (non-hydrogen) atoms. The van der Waals surface area contributed by atoms with E-state index in [1.807, 2.05) is 12.1 Å². The second-order valence-electron chi connectivity index (χ2n) is 6.64. The van der Waals surface area contributed by atoms with Gasteiger partial charge in [-0.05, 0) is 55.0 Å². The van der Waals surface area contributed by atoms with Crippen molar-refractivity contribution in [2.45, 2.75) is 37.0 Å². The van der Waals surface area contributed by atoms with Crippen LogP contribution in [-0.4, -0.2) is 27.2 Å². The van der Waals surface area contributed by atoms with Crippen LogP contribution in [0.2, 0.25) is 0 Å². The van der Waals surface area contributed by atoms with E-state index in [2.05, 4.69) is 12.1 Å². The molecule has 0 aromatic heterocycles. The maximum Gasteiger partial charge on any atom is 0.338 e. The van der Waals surface area contributed by atoms with Crippen LogP contribution in [0, 0.1) is 6.92 Å². The summed E-state index contributed by atoms with van der Waals surface area (Å²) in [7, 11) is -3.36. The number of ether oxygens (including phenoxy) is 1. The highest BCUT2D eigenvalue weighted by atomic mass is 32.2.